The van der Waals surface area contributed by atoms with Gasteiger partial charge in [-0.1, -0.05) is 56.2 Å². The van der Waals surface area contributed by atoms with Crippen LogP contribution < -0.4 is 5.32 Å². The van der Waals surface area contributed by atoms with E-state index >= 15 is 0 Å². The lowest BCUT2D eigenvalue weighted by Crippen LogP contribution is -2.24. The summed E-state index contributed by atoms with van der Waals surface area (Å²) in [6.07, 6.45) is 3.44. The Kier molecular flexibility index (Phi) is 5.43. The molecule has 0 heterocycles. The molecule has 0 spiro atoms. The minimum atomic E-state index is 0.545. The van der Waals surface area contributed by atoms with E-state index < -0.39 is 0 Å². The molecule has 17 heavy (non-hydrogen) atoms. The minimum Gasteiger partial charge on any atom is -0.311 e. The monoisotopic (exact) mass is 231 g/mol. The van der Waals surface area contributed by atoms with Gasteiger partial charge in [-0.05, 0) is 31.4 Å². The fourth-order valence-corrected chi connectivity index (χ4v) is 1.75. The van der Waals surface area contributed by atoms with Gasteiger partial charge in [0.15, 0.2) is 0 Å². The van der Waals surface area contributed by atoms with Crippen LogP contribution in [0.5, 0.6) is 0 Å². The van der Waals surface area contributed by atoms with Gasteiger partial charge in [0.1, 0.15) is 0 Å². The molecule has 0 fully saturated rings. The van der Waals surface area contributed by atoms with Crippen molar-refractivity contribution in [2.24, 2.45) is 0 Å². The first kappa shape index (κ1) is 14.0. The summed E-state index contributed by atoms with van der Waals surface area (Å²) in [5.41, 5.74) is 5.50. The molecule has 0 aliphatic carbocycles. The first-order chi connectivity index (χ1) is 8.02. The predicted octanol–water partition coefficient (Wildman–Crippen LogP) is 4.09. The van der Waals surface area contributed by atoms with Gasteiger partial charge in [-0.15, -0.1) is 0 Å². The maximum absolute atomic E-state index is 3.48. The van der Waals surface area contributed by atoms with Crippen LogP contribution in [0.4, 0.5) is 0 Å². The lowest BCUT2D eigenvalue weighted by molar-refractivity contribution is 0.617. The van der Waals surface area contributed by atoms with Crippen LogP contribution in [0.1, 0.15) is 43.9 Å². The second-order valence-electron chi connectivity index (χ2n) is 5.05. The van der Waals surface area contributed by atoms with Crippen molar-refractivity contribution in [3.63, 3.8) is 0 Å². The van der Waals surface area contributed by atoms with Crippen LogP contribution in [0.3, 0.4) is 0 Å². The zero-order valence-corrected chi connectivity index (χ0v) is 11.8. The van der Waals surface area contributed by atoms with E-state index in [4.69, 9.17) is 0 Å². The van der Waals surface area contributed by atoms with E-state index in [0.29, 0.717) is 6.04 Å². The molecule has 1 rings (SSSR count). The van der Waals surface area contributed by atoms with Gasteiger partial charge in [0.05, 0.1) is 0 Å². The van der Waals surface area contributed by atoms with E-state index in [2.05, 4.69) is 64.2 Å². The molecule has 94 valence electrons. The van der Waals surface area contributed by atoms with Crippen LogP contribution in [0.15, 0.2) is 23.8 Å². The van der Waals surface area contributed by atoms with Gasteiger partial charge in [0.25, 0.3) is 0 Å². The van der Waals surface area contributed by atoms with Gasteiger partial charge in [-0.25, -0.2) is 0 Å². The Morgan fingerprint density at radius 3 is 2.59 bits per heavy atom. The largest absolute Gasteiger partial charge is 0.311 e. The second kappa shape index (κ2) is 6.61. The third kappa shape index (κ3) is 4.74. The SMILES string of the molecule is CCC(=Cc1cc(C)ccc1C)CNC(C)C. The maximum atomic E-state index is 3.48. The zero-order chi connectivity index (χ0) is 12.8. The molecule has 1 nitrogen and oxygen atoms in total. The second-order valence-corrected chi connectivity index (χ2v) is 5.05. The van der Waals surface area contributed by atoms with E-state index in [9.17, 15) is 0 Å². The first-order valence-electron chi connectivity index (χ1n) is 6.53. The topological polar surface area (TPSA) is 12.0 Å². The summed E-state index contributed by atoms with van der Waals surface area (Å²) in [6, 6.07) is 7.18. The number of rotatable bonds is 5. The zero-order valence-electron chi connectivity index (χ0n) is 11.8. The summed E-state index contributed by atoms with van der Waals surface area (Å²) in [5, 5.41) is 3.48. The Balaban J connectivity index is 2.86. The summed E-state index contributed by atoms with van der Waals surface area (Å²) in [7, 11) is 0. The van der Waals surface area contributed by atoms with Crippen molar-refractivity contribution in [3.05, 3.63) is 40.5 Å². The Hall–Kier alpha value is -1.08. The average molecular weight is 231 g/mol. The molecule has 0 radical (unpaired) electrons. The third-order valence-electron chi connectivity index (χ3n) is 2.99. The fraction of sp³-hybridized carbons (Fsp3) is 0.500. The number of nitrogens with one attached hydrogen (secondary N) is 1. The molecule has 1 aromatic rings. The highest BCUT2D eigenvalue weighted by Crippen LogP contribution is 2.15. The van der Waals surface area contributed by atoms with Crippen LogP contribution in [-0.2, 0) is 0 Å². The molecule has 0 unspecified atom stereocenters. The molecule has 1 heteroatoms. The standard InChI is InChI=1S/C16H25N/c1-6-15(11-17-12(2)3)10-16-9-13(4)7-8-14(16)5/h7-10,12,17H,6,11H2,1-5H3. The molecule has 0 saturated heterocycles. The van der Waals surface area contributed by atoms with Crippen LogP contribution in [0.25, 0.3) is 6.08 Å². The first-order valence-corrected chi connectivity index (χ1v) is 6.53. The molecule has 0 bridgehead atoms. The summed E-state index contributed by atoms with van der Waals surface area (Å²) in [5.74, 6) is 0. The van der Waals surface area contributed by atoms with Crippen LogP contribution >= 0.6 is 0 Å². The smallest absolute Gasteiger partial charge is 0.0170 e. The van der Waals surface area contributed by atoms with Gasteiger partial charge in [-0.3, -0.25) is 0 Å². The summed E-state index contributed by atoms with van der Waals surface area (Å²) >= 11 is 0. The molecular formula is C16H25N. The van der Waals surface area contributed by atoms with Crippen molar-refractivity contribution in [1.82, 2.24) is 5.32 Å². The van der Waals surface area contributed by atoms with Crippen molar-refractivity contribution in [2.45, 2.75) is 47.1 Å². The van der Waals surface area contributed by atoms with Gasteiger partial charge in [-0.2, -0.15) is 0 Å². The predicted molar refractivity (Wildman–Crippen MR) is 77.3 cm³/mol. The van der Waals surface area contributed by atoms with Crippen molar-refractivity contribution in [3.8, 4) is 0 Å². The van der Waals surface area contributed by atoms with E-state index in [1.807, 2.05) is 0 Å². The van der Waals surface area contributed by atoms with Crippen LogP contribution in [-0.4, -0.2) is 12.6 Å². The van der Waals surface area contributed by atoms with Crippen molar-refractivity contribution >= 4 is 6.08 Å². The van der Waals surface area contributed by atoms with Crippen LogP contribution in [0.2, 0.25) is 0 Å². The fourth-order valence-electron chi connectivity index (χ4n) is 1.75. The molecule has 1 aromatic carbocycles. The molecule has 0 atom stereocenters. The lowest BCUT2D eigenvalue weighted by Gasteiger charge is -2.11. The Morgan fingerprint density at radius 2 is 2.00 bits per heavy atom. The van der Waals surface area contributed by atoms with E-state index in [0.717, 1.165) is 13.0 Å². The van der Waals surface area contributed by atoms with Crippen molar-refractivity contribution in [2.75, 3.05) is 6.54 Å². The van der Waals surface area contributed by atoms with Gasteiger partial charge < -0.3 is 5.32 Å². The number of hydrogen-bond acceptors (Lipinski definition) is 1. The Labute approximate surface area is 106 Å². The number of aryl methyl sites for hydroxylation is 2. The van der Waals surface area contributed by atoms with E-state index in [1.54, 1.807) is 0 Å². The molecule has 0 saturated carbocycles. The summed E-state index contributed by atoms with van der Waals surface area (Å²) in [4.78, 5) is 0. The minimum absolute atomic E-state index is 0.545. The van der Waals surface area contributed by atoms with Crippen LogP contribution in [0, 0.1) is 13.8 Å². The summed E-state index contributed by atoms with van der Waals surface area (Å²) in [6.45, 7) is 11.9. The number of hydrogen-bond donors (Lipinski definition) is 1. The normalized spacial score (nSPS) is 12.2. The Morgan fingerprint density at radius 1 is 1.29 bits per heavy atom. The maximum Gasteiger partial charge on any atom is 0.0170 e. The molecule has 0 aliphatic heterocycles. The quantitative estimate of drug-likeness (QED) is 0.804. The van der Waals surface area contributed by atoms with Gasteiger partial charge in [0.2, 0.25) is 0 Å². The van der Waals surface area contributed by atoms with E-state index in [-0.39, 0.29) is 0 Å². The molecule has 0 aromatic heterocycles. The molecular weight excluding hydrogens is 206 g/mol. The van der Waals surface area contributed by atoms with Crippen molar-refractivity contribution < 1.29 is 0 Å². The molecule has 0 aliphatic rings. The van der Waals surface area contributed by atoms with Crippen molar-refractivity contribution in [1.29, 1.82) is 0 Å². The number of benzene rings is 1. The highest BCUT2D eigenvalue weighted by molar-refractivity contribution is 5.57. The highest BCUT2D eigenvalue weighted by atomic mass is 14.9. The molecule has 1 N–H and O–H groups in total. The average Bonchev–Trinajstić information content (AvgIpc) is 2.28. The van der Waals surface area contributed by atoms with Gasteiger partial charge >= 0.3 is 0 Å². The molecule has 0 amide bonds. The highest BCUT2D eigenvalue weighted by Gasteiger charge is 2.00. The third-order valence-corrected chi connectivity index (χ3v) is 2.99. The van der Waals surface area contributed by atoms with Gasteiger partial charge in [0, 0.05) is 12.6 Å². The summed E-state index contributed by atoms with van der Waals surface area (Å²) < 4.78 is 0. The Bertz CT molecular complexity index is 389. The lowest BCUT2D eigenvalue weighted by atomic mass is 10.0. The van der Waals surface area contributed by atoms with E-state index in [1.165, 1.54) is 22.3 Å².